The first-order chi connectivity index (χ1) is 9.06. The standard InChI is InChI=1S/C15H18ClN3/c1-11(2)19(10-12-6-4-3-5-7-12)15-9-13(17)8-14(16)18-15/h3-9,11H,10H2,1-2H3,(H2,17,18). The Labute approximate surface area is 119 Å². The van der Waals surface area contributed by atoms with Crippen molar-refractivity contribution in [3.63, 3.8) is 0 Å². The third-order valence-corrected chi connectivity index (χ3v) is 3.11. The molecule has 0 spiro atoms. The van der Waals surface area contributed by atoms with Gasteiger partial charge in [0.05, 0.1) is 0 Å². The molecule has 0 aliphatic carbocycles. The molecule has 0 amide bonds. The average Bonchev–Trinajstić information content (AvgIpc) is 2.35. The van der Waals surface area contributed by atoms with Gasteiger partial charge in [0.2, 0.25) is 0 Å². The highest BCUT2D eigenvalue weighted by Crippen LogP contribution is 2.23. The lowest BCUT2D eigenvalue weighted by atomic mass is 10.2. The number of aromatic nitrogens is 1. The molecule has 0 radical (unpaired) electrons. The van der Waals surface area contributed by atoms with Crippen LogP contribution in [0.5, 0.6) is 0 Å². The molecule has 0 saturated carbocycles. The second-order valence-corrected chi connectivity index (χ2v) is 5.18. The van der Waals surface area contributed by atoms with Crippen molar-refractivity contribution in [3.05, 3.63) is 53.2 Å². The predicted molar refractivity (Wildman–Crippen MR) is 81.4 cm³/mol. The lowest BCUT2D eigenvalue weighted by molar-refractivity contribution is 0.673. The molecule has 0 unspecified atom stereocenters. The van der Waals surface area contributed by atoms with E-state index in [9.17, 15) is 0 Å². The first kappa shape index (κ1) is 13.7. The summed E-state index contributed by atoms with van der Waals surface area (Å²) in [6.07, 6.45) is 0. The van der Waals surface area contributed by atoms with Crippen LogP contribution in [-0.4, -0.2) is 11.0 Å². The molecule has 1 heterocycles. The van der Waals surface area contributed by atoms with Crippen molar-refractivity contribution >= 4 is 23.1 Å². The van der Waals surface area contributed by atoms with Crippen molar-refractivity contribution < 1.29 is 0 Å². The van der Waals surface area contributed by atoms with Crippen molar-refractivity contribution in [2.75, 3.05) is 10.6 Å². The molecule has 2 aromatic rings. The highest BCUT2D eigenvalue weighted by molar-refractivity contribution is 6.29. The van der Waals surface area contributed by atoms with Gasteiger partial charge in [0, 0.05) is 24.3 Å². The molecule has 2 N–H and O–H groups in total. The molecule has 4 heteroatoms. The molecule has 1 aromatic carbocycles. The Morgan fingerprint density at radius 3 is 2.47 bits per heavy atom. The number of pyridine rings is 1. The van der Waals surface area contributed by atoms with Crippen LogP contribution in [0.4, 0.5) is 11.5 Å². The molecule has 1 aromatic heterocycles. The number of rotatable bonds is 4. The molecular formula is C15H18ClN3. The van der Waals surface area contributed by atoms with Gasteiger partial charge in [0.1, 0.15) is 11.0 Å². The summed E-state index contributed by atoms with van der Waals surface area (Å²) in [4.78, 5) is 6.54. The van der Waals surface area contributed by atoms with Gasteiger partial charge in [-0.25, -0.2) is 4.98 Å². The second-order valence-electron chi connectivity index (χ2n) is 4.79. The van der Waals surface area contributed by atoms with Gasteiger partial charge in [-0.05, 0) is 25.5 Å². The van der Waals surface area contributed by atoms with Gasteiger partial charge in [0.25, 0.3) is 0 Å². The Kier molecular flexibility index (Phi) is 4.27. The van der Waals surface area contributed by atoms with E-state index in [0.717, 1.165) is 12.4 Å². The van der Waals surface area contributed by atoms with Crippen molar-refractivity contribution in [1.82, 2.24) is 4.98 Å². The second kappa shape index (κ2) is 5.93. The van der Waals surface area contributed by atoms with Gasteiger partial charge in [-0.15, -0.1) is 0 Å². The van der Waals surface area contributed by atoms with E-state index < -0.39 is 0 Å². The predicted octanol–water partition coefficient (Wildman–Crippen LogP) is 3.73. The van der Waals surface area contributed by atoms with Gasteiger partial charge < -0.3 is 10.6 Å². The number of hydrogen-bond donors (Lipinski definition) is 1. The normalized spacial score (nSPS) is 10.7. The maximum atomic E-state index is 5.98. The molecule has 2 rings (SSSR count). The Morgan fingerprint density at radius 1 is 1.21 bits per heavy atom. The van der Waals surface area contributed by atoms with Gasteiger partial charge >= 0.3 is 0 Å². The van der Waals surface area contributed by atoms with E-state index in [1.807, 2.05) is 24.3 Å². The minimum Gasteiger partial charge on any atom is -0.399 e. The summed E-state index contributed by atoms with van der Waals surface area (Å²) in [5.74, 6) is 0.809. The third kappa shape index (κ3) is 3.61. The van der Waals surface area contributed by atoms with Gasteiger partial charge in [-0.3, -0.25) is 0 Å². The Bertz CT molecular complexity index is 520. The summed E-state index contributed by atoms with van der Waals surface area (Å²) in [5, 5.41) is 0.425. The van der Waals surface area contributed by atoms with E-state index in [0.29, 0.717) is 16.9 Å². The van der Waals surface area contributed by atoms with E-state index >= 15 is 0 Å². The van der Waals surface area contributed by atoms with Crippen LogP contribution in [0.15, 0.2) is 42.5 Å². The number of hydrogen-bond acceptors (Lipinski definition) is 3. The van der Waals surface area contributed by atoms with E-state index in [4.69, 9.17) is 17.3 Å². The quantitative estimate of drug-likeness (QED) is 0.865. The zero-order valence-corrected chi connectivity index (χ0v) is 11.9. The first-order valence-electron chi connectivity index (χ1n) is 6.30. The zero-order chi connectivity index (χ0) is 13.8. The van der Waals surface area contributed by atoms with Crippen LogP contribution in [0.3, 0.4) is 0 Å². The Balaban J connectivity index is 2.30. The topological polar surface area (TPSA) is 42.1 Å². The molecular weight excluding hydrogens is 258 g/mol. The number of halogens is 1. The van der Waals surface area contributed by atoms with Crippen molar-refractivity contribution in [1.29, 1.82) is 0 Å². The van der Waals surface area contributed by atoms with Crippen LogP contribution < -0.4 is 10.6 Å². The van der Waals surface area contributed by atoms with E-state index in [1.165, 1.54) is 5.56 Å². The fraction of sp³-hybridized carbons (Fsp3) is 0.267. The molecule has 0 bridgehead atoms. The van der Waals surface area contributed by atoms with Gasteiger partial charge in [-0.2, -0.15) is 0 Å². The monoisotopic (exact) mass is 275 g/mol. The van der Waals surface area contributed by atoms with Crippen LogP contribution in [-0.2, 0) is 6.54 Å². The molecule has 0 aliphatic heterocycles. The molecule has 0 saturated heterocycles. The largest absolute Gasteiger partial charge is 0.399 e. The summed E-state index contributed by atoms with van der Waals surface area (Å²) in [6, 6.07) is 14.1. The minimum atomic E-state index is 0.311. The van der Waals surface area contributed by atoms with Crippen LogP contribution in [0.25, 0.3) is 0 Å². The smallest absolute Gasteiger partial charge is 0.133 e. The number of anilines is 2. The summed E-state index contributed by atoms with van der Waals surface area (Å²) in [5.41, 5.74) is 7.71. The van der Waals surface area contributed by atoms with Crippen molar-refractivity contribution in [2.45, 2.75) is 26.4 Å². The van der Waals surface area contributed by atoms with E-state index in [-0.39, 0.29) is 0 Å². The molecule has 3 nitrogen and oxygen atoms in total. The number of benzene rings is 1. The first-order valence-corrected chi connectivity index (χ1v) is 6.67. The van der Waals surface area contributed by atoms with E-state index in [1.54, 1.807) is 6.07 Å². The highest BCUT2D eigenvalue weighted by atomic mass is 35.5. The molecule has 100 valence electrons. The molecule has 0 atom stereocenters. The third-order valence-electron chi connectivity index (χ3n) is 2.92. The molecule has 0 fully saturated rings. The van der Waals surface area contributed by atoms with Gasteiger partial charge in [0.15, 0.2) is 0 Å². The lowest BCUT2D eigenvalue weighted by Crippen LogP contribution is -2.31. The summed E-state index contributed by atoms with van der Waals surface area (Å²) < 4.78 is 0. The van der Waals surface area contributed by atoms with Crippen LogP contribution in [0.2, 0.25) is 5.15 Å². The van der Waals surface area contributed by atoms with E-state index in [2.05, 4.69) is 35.9 Å². The van der Waals surface area contributed by atoms with Crippen LogP contribution in [0.1, 0.15) is 19.4 Å². The Hall–Kier alpha value is -1.74. The average molecular weight is 276 g/mol. The summed E-state index contributed by atoms with van der Waals surface area (Å²) in [6.45, 7) is 5.04. The summed E-state index contributed by atoms with van der Waals surface area (Å²) >= 11 is 5.98. The van der Waals surface area contributed by atoms with Crippen LogP contribution in [0, 0.1) is 0 Å². The van der Waals surface area contributed by atoms with Crippen molar-refractivity contribution in [3.8, 4) is 0 Å². The number of nitrogens with two attached hydrogens (primary N) is 1. The lowest BCUT2D eigenvalue weighted by Gasteiger charge is -2.28. The highest BCUT2D eigenvalue weighted by Gasteiger charge is 2.13. The summed E-state index contributed by atoms with van der Waals surface area (Å²) in [7, 11) is 0. The number of nitrogens with zero attached hydrogens (tertiary/aromatic N) is 2. The molecule has 19 heavy (non-hydrogen) atoms. The Morgan fingerprint density at radius 2 is 1.89 bits per heavy atom. The fourth-order valence-corrected chi connectivity index (χ4v) is 2.17. The number of nitrogen functional groups attached to an aromatic ring is 1. The van der Waals surface area contributed by atoms with Crippen LogP contribution >= 0.6 is 11.6 Å². The minimum absolute atomic E-state index is 0.311. The zero-order valence-electron chi connectivity index (χ0n) is 11.2. The molecule has 0 aliphatic rings. The SMILES string of the molecule is CC(C)N(Cc1ccccc1)c1cc(N)cc(Cl)n1. The van der Waals surface area contributed by atoms with Gasteiger partial charge in [-0.1, -0.05) is 41.9 Å². The maximum absolute atomic E-state index is 5.98. The maximum Gasteiger partial charge on any atom is 0.133 e. The van der Waals surface area contributed by atoms with Crippen molar-refractivity contribution in [2.24, 2.45) is 0 Å². The fourth-order valence-electron chi connectivity index (χ4n) is 1.96.